The van der Waals surface area contributed by atoms with Gasteiger partial charge in [-0.05, 0) is 25.6 Å². The minimum atomic E-state index is -0.250. The predicted molar refractivity (Wildman–Crippen MR) is 82.3 cm³/mol. The summed E-state index contributed by atoms with van der Waals surface area (Å²) in [7, 11) is 0. The first-order valence-electron chi connectivity index (χ1n) is 6.43. The topological polar surface area (TPSA) is 78.4 Å². The van der Waals surface area contributed by atoms with Crippen LogP contribution in [0.2, 0.25) is 0 Å². The standard InChI is InChI=1S/C8H14N2O.2C2H6.CH2O2.CH4/c1-2-9-8(6-11)7-4-3-5-10-7;2*1-2;2-1-3;/h2,6-10H,1,3-5H2;2*1-2H3;1H,(H,2,3);1H4. The molecule has 0 amide bonds. The molecule has 0 saturated carbocycles. The Hall–Kier alpha value is -1.36. The lowest BCUT2D eigenvalue weighted by Gasteiger charge is -2.17. The van der Waals surface area contributed by atoms with Gasteiger partial charge in [-0.15, -0.1) is 0 Å². The lowest BCUT2D eigenvalue weighted by Crippen LogP contribution is -2.43. The van der Waals surface area contributed by atoms with E-state index in [2.05, 4.69) is 17.2 Å². The molecule has 5 nitrogen and oxygen atoms in total. The van der Waals surface area contributed by atoms with Crippen LogP contribution in [0.1, 0.15) is 48.0 Å². The van der Waals surface area contributed by atoms with Gasteiger partial charge >= 0.3 is 0 Å². The second-order valence-electron chi connectivity index (χ2n) is 2.84. The van der Waals surface area contributed by atoms with Crippen molar-refractivity contribution in [1.29, 1.82) is 0 Å². The monoisotopic (exact) mass is 276 g/mol. The second kappa shape index (κ2) is 25.5. The Morgan fingerprint density at radius 2 is 1.79 bits per heavy atom. The number of nitrogens with one attached hydrogen (secondary N) is 2. The summed E-state index contributed by atoms with van der Waals surface area (Å²) in [5.41, 5.74) is 0. The molecule has 1 aliphatic rings. The Morgan fingerprint density at radius 3 is 2.05 bits per heavy atom. The van der Waals surface area contributed by atoms with E-state index in [9.17, 15) is 4.79 Å². The van der Waals surface area contributed by atoms with Crippen LogP contribution in [-0.2, 0) is 9.59 Å². The van der Waals surface area contributed by atoms with E-state index in [1.807, 2.05) is 27.7 Å². The van der Waals surface area contributed by atoms with Gasteiger partial charge in [-0.25, -0.2) is 0 Å². The summed E-state index contributed by atoms with van der Waals surface area (Å²) in [5.74, 6) is 0. The van der Waals surface area contributed by atoms with Crippen LogP contribution in [0.5, 0.6) is 0 Å². The van der Waals surface area contributed by atoms with Crippen LogP contribution in [0, 0.1) is 0 Å². The van der Waals surface area contributed by atoms with Gasteiger partial charge in [0.15, 0.2) is 0 Å². The number of hydrogen-bond donors (Lipinski definition) is 3. The van der Waals surface area contributed by atoms with Gasteiger partial charge in [0.25, 0.3) is 6.47 Å². The molecule has 2 atom stereocenters. The first-order chi connectivity index (χ1) is 8.79. The number of carbonyl (C=O) groups is 2. The third-order valence-corrected chi connectivity index (χ3v) is 1.99. The van der Waals surface area contributed by atoms with Crippen LogP contribution < -0.4 is 10.6 Å². The van der Waals surface area contributed by atoms with Gasteiger partial charge < -0.3 is 20.5 Å². The Kier molecular flexibility index (Phi) is 35.2. The van der Waals surface area contributed by atoms with E-state index in [0.717, 1.165) is 25.7 Å². The number of rotatable bonds is 4. The Bertz CT molecular complexity index is 182. The fourth-order valence-electron chi connectivity index (χ4n) is 1.40. The van der Waals surface area contributed by atoms with Crippen molar-refractivity contribution < 1.29 is 14.7 Å². The first-order valence-corrected chi connectivity index (χ1v) is 6.43. The summed E-state index contributed by atoms with van der Waals surface area (Å²) in [6.45, 7) is 12.3. The van der Waals surface area contributed by atoms with Crippen molar-refractivity contribution in [3.63, 3.8) is 0 Å². The third kappa shape index (κ3) is 16.6. The summed E-state index contributed by atoms with van der Waals surface area (Å²) in [6.07, 6.45) is 4.74. The number of hydrogen-bond acceptors (Lipinski definition) is 4. The molecule has 1 aliphatic heterocycles. The predicted octanol–water partition coefficient (Wildman–Crippen LogP) is 2.43. The fourth-order valence-corrected chi connectivity index (χ4v) is 1.40. The Labute approximate surface area is 118 Å². The zero-order valence-corrected chi connectivity index (χ0v) is 12.0. The molecule has 2 unspecified atom stereocenters. The van der Waals surface area contributed by atoms with Crippen molar-refractivity contribution >= 4 is 12.8 Å². The molecule has 0 aliphatic carbocycles. The van der Waals surface area contributed by atoms with Gasteiger partial charge in [-0.3, -0.25) is 4.79 Å². The van der Waals surface area contributed by atoms with Gasteiger partial charge in [-0.2, -0.15) is 0 Å². The highest BCUT2D eigenvalue weighted by atomic mass is 16.3. The highest BCUT2D eigenvalue weighted by molar-refractivity contribution is 5.59. The molecule has 0 aromatic carbocycles. The van der Waals surface area contributed by atoms with Gasteiger partial charge in [-0.1, -0.05) is 41.7 Å². The van der Waals surface area contributed by atoms with Crippen molar-refractivity contribution in [3.8, 4) is 0 Å². The largest absolute Gasteiger partial charge is 0.483 e. The lowest BCUT2D eigenvalue weighted by molar-refractivity contribution is -0.122. The molecule has 1 rings (SSSR count). The van der Waals surface area contributed by atoms with E-state index < -0.39 is 0 Å². The summed E-state index contributed by atoms with van der Waals surface area (Å²) in [6, 6.07) is 0.195. The molecule has 3 N–H and O–H groups in total. The van der Waals surface area contributed by atoms with E-state index in [1.165, 1.54) is 0 Å². The number of carboxylic acid groups (broad SMARTS) is 1. The average molecular weight is 276 g/mol. The maximum absolute atomic E-state index is 10.5. The molecule has 5 heteroatoms. The maximum atomic E-state index is 10.5. The van der Waals surface area contributed by atoms with Crippen molar-refractivity contribution in [2.45, 2.75) is 60.0 Å². The van der Waals surface area contributed by atoms with Crippen LogP contribution in [0.3, 0.4) is 0 Å². The SMILES string of the molecule is C.C=CNC(C=O)C1CCCN1.CC.CC.O=CO. The normalized spacial score (nSPS) is 16.3. The first kappa shape index (κ1) is 26.3. The zero-order chi connectivity index (χ0) is 14.8. The van der Waals surface area contributed by atoms with Gasteiger partial charge in [0, 0.05) is 6.04 Å². The van der Waals surface area contributed by atoms with E-state index >= 15 is 0 Å². The molecular formula is C14H32N2O3. The van der Waals surface area contributed by atoms with E-state index in [0.29, 0.717) is 6.04 Å². The second-order valence-corrected chi connectivity index (χ2v) is 2.84. The van der Waals surface area contributed by atoms with Crippen LogP contribution in [0.4, 0.5) is 0 Å². The van der Waals surface area contributed by atoms with Crippen molar-refractivity contribution in [3.05, 3.63) is 12.8 Å². The molecule has 0 bridgehead atoms. The summed E-state index contributed by atoms with van der Waals surface area (Å²) < 4.78 is 0. The Balaban J connectivity index is -0.000000121. The van der Waals surface area contributed by atoms with Crippen LogP contribution >= 0.6 is 0 Å². The average Bonchev–Trinajstić information content (AvgIpc) is 2.95. The van der Waals surface area contributed by atoms with Gasteiger partial charge in [0.1, 0.15) is 6.29 Å². The fraction of sp³-hybridized carbons (Fsp3) is 0.714. The number of carbonyl (C=O) groups excluding carboxylic acids is 1. The summed E-state index contributed by atoms with van der Waals surface area (Å²) in [5, 5.41) is 13.0. The molecule has 116 valence electrons. The molecule has 0 radical (unpaired) electrons. The van der Waals surface area contributed by atoms with Crippen molar-refractivity contribution in [2.75, 3.05) is 6.54 Å². The van der Waals surface area contributed by atoms with Crippen LogP contribution in [-0.4, -0.2) is 36.5 Å². The molecule has 1 heterocycles. The minimum absolute atomic E-state index is 0. The Morgan fingerprint density at radius 1 is 1.32 bits per heavy atom. The maximum Gasteiger partial charge on any atom is 0.290 e. The minimum Gasteiger partial charge on any atom is -0.483 e. The van der Waals surface area contributed by atoms with Crippen molar-refractivity contribution in [1.82, 2.24) is 10.6 Å². The number of aldehydes is 1. The smallest absolute Gasteiger partial charge is 0.290 e. The quantitative estimate of drug-likeness (QED) is 0.687. The third-order valence-electron chi connectivity index (χ3n) is 1.99. The summed E-state index contributed by atoms with van der Waals surface area (Å²) >= 11 is 0. The van der Waals surface area contributed by atoms with E-state index in [-0.39, 0.29) is 19.9 Å². The molecular weight excluding hydrogens is 244 g/mol. The molecule has 0 aromatic rings. The molecule has 19 heavy (non-hydrogen) atoms. The molecule has 1 saturated heterocycles. The molecule has 1 fully saturated rings. The summed E-state index contributed by atoms with van der Waals surface area (Å²) in [4.78, 5) is 18.9. The van der Waals surface area contributed by atoms with Crippen molar-refractivity contribution in [2.24, 2.45) is 0 Å². The van der Waals surface area contributed by atoms with E-state index in [1.54, 1.807) is 6.20 Å². The van der Waals surface area contributed by atoms with E-state index in [4.69, 9.17) is 9.90 Å². The lowest BCUT2D eigenvalue weighted by atomic mass is 10.1. The van der Waals surface area contributed by atoms with Gasteiger partial charge in [0.05, 0.1) is 6.04 Å². The van der Waals surface area contributed by atoms with Crippen LogP contribution in [0.25, 0.3) is 0 Å². The molecule has 0 spiro atoms. The van der Waals surface area contributed by atoms with Gasteiger partial charge in [0.2, 0.25) is 0 Å². The molecule has 0 aromatic heterocycles. The van der Waals surface area contributed by atoms with Crippen LogP contribution in [0.15, 0.2) is 12.8 Å². The highest BCUT2D eigenvalue weighted by Crippen LogP contribution is 2.07. The zero-order valence-electron chi connectivity index (χ0n) is 12.0. The highest BCUT2D eigenvalue weighted by Gasteiger charge is 2.22.